The average Bonchev–Trinajstić information content (AvgIpc) is 2.78. The Hall–Kier alpha value is -2.33. The minimum Gasteiger partial charge on any atom is -0.463 e. The van der Waals surface area contributed by atoms with Crippen LogP contribution in [-0.2, 0) is 19.1 Å². The minimum absolute atomic E-state index is 0.0508. The van der Waals surface area contributed by atoms with Crippen molar-refractivity contribution in [3.63, 3.8) is 0 Å². The molecule has 1 rings (SSSR count). The zero-order valence-corrected chi connectivity index (χ0v) is 23.5. The quantitative estimate of drug-likeness (QED) is 0.303. The summed E-state index contributed by atoms with van der Waals surface area (Å²) in [5, 5.41) is 3.07. The van der Waals surface area contributed by atoms with Gasteiger partial charge in [0.25, 0.3) is 0 Å². The Labute approximate surface area is 213 Å². The van der Waals surface area contributed by atoms with Gasteiger partial charge in [-0.3, -0.25) is 14.5 Å². The molecule has 1 fully saturated rings. The van der Waals surface area contributed by atoms with Crippen molar-refractivity contribution in [3.05, 3.63) is 11.6 Å². The van der Waals surface area contributed by atoms with Gasteiger partial charge in [-0.15, -0.1) is 6.42 Å². The van der Waals surface area contributed by atoms with Crippen molar-refractivity contribution in [1.29, 1.82) is 0 Å². The number of esters is 1. The molecule has 1 N–H and O–H groups in total. The normalized spacial score (nSPS) is 19.5. The van der Waals surface area contributed by atoms with E-state index in [2.05, 4.69) is 16.1 Å². The number of terminal acetylenes is 1. The van der Waals surface area contributed by atoms with Crippen molar-refractivity contribution in [3.8, 4) is 12.3 Å². The zero-order chi connectivity index (χ0) is 27.1. The van der Waals surface area contributed by atoms with Gasteiger partial charge in [-0.1, -0.05) is 53.0 Å². The summed E-state index contributed by atoms with van der Waals surface area (Å²) in [6, 6.07) is -1.46. The largest absolute Gasteiger partial charge is 0.463 e. The minimum atomic E-state index is -0.740. The molecule has 1 aliphatic rings. The molecule has 1 aliphatic heterocycles. The molecular formula is C28H47N3O4. The third-order valence-corrected chi connectivity index (χ3v) is 6.77. The highest BCUT2D eigenvalue weighted by molar-refractivity contribution is 5.91. The number of nitrogens with one attached hydrogen (secondary N) is 1. The number of likely N-dealkylation sites (tertiary alicyclic amines) is 1. The van der Waals surface area contributed by atoms with Gasteiger partial charge in [0, 0.05) is 19.2 Å². The summed E-state index contributed by atoms with van der Waals surface area (Å²) in [6.07, 6.45) is 10.2. The standard InChI is InChI=1S/C28H47N3O4/c1-12-28(9,10)31-17-15-14-16-21(31)24(32)29-23(27(6,7)8)25(33)30(11)22(19(3)4)18-20(5)26(34)35-13-2/h1,18-19,21-23H,13-17H2,2-11H3,(H,29,32)/b20-18+/t21-,22-,23?/m1/s1. The summed E-state index contributed by atoms with van der Waals surface area (Å²) in [5.74, 6) is 2.10. The smallest absolute Gasteiger partial charge is 0.333 e. The van der Waals surface area contributed by atoms with Gasteiger partial charge < -0.3 is 15.0 Å². The molecule has 7 nitrogen and oxygen atoms in total. The number of ether oxygens (including phenoxy) is 1. The van der Waals surface area contributed by atoms with E-state index < -0.39 is 23.0 Å². The highest BCUT2D eigenvalue weighted by Gasteiger charge is 2.41. The number of hydrogen-bond donors (Lipinski definition) is 1. The third kappa shape index (κ3) is 8.10. The Kier molecular flexibility index (Phi) is 11.0. The van der Waals surface area contributed by atoms with Crippen LogP contribution in [-0.4, -0.2) is 71.4 Å². The molecule has 0 aliphatic carbocycles. The van der Waals surface area contributed by atoms with E-state index in [0.717, 1.165) is 19.4 Å². The van der Waals surface area contributed by atoms with Gasteiger partial charge >= 0.3 is 5.97 Å². The maximum atomic E-state index is 13.8. The number of piperidine rings is 1. The van der Waals surface area contributed by atoms with Crippen LogP contribution in [0.25, 0.3) is 0 Å². The average molecular weight is 490 g/mol. The number of nitrogens with zero attached hydrogens (tertiary/aromatic N) is 2. The molecule has 198 valence electrons. The van der Waals surface area contributed by atoms with Crippen molar-refractivity contribution in [1.82, 2.24) is 15.1 Å². The zero-order valence-electron chi connectivity index (χ0n) is 23.5. The predicted molar refractivity (Wildman–Crippen MR) is 140 cm³/mol. The SMILES string of the molecule is C#CC(C)(C)N1CCCC[C@@H]1C(=O)NC(C(=O)N(C)[C@H](/C=C(\C)C(=O)OCC)C(C)C)C(C)(C)C. The second-order valence-electron chi connectivity index (χ2n) is 11.5. The van der Waals surface area contributed by atoms with Crippen molar-refractivity contribution in [2.45, 2.75) is 105 Å². The van der Waals surface area contributed by atoms with Crippen molar-refractivity contribution < 1.29 is 19.1 Å². The number of carbonyl (C=O) groups excluding carboxylic acids is 3. The molecule has 0 bridgehead atoms. The summed E-state index contributed by atoms with van der Waals surface area (Å²) < 4.78 is 5.11. The Morgan fingerprint density at radius 3 is 2.29 bits per heavy atom. The van der Waals surface area contributed by atoms with E-state index in [1.165, 1.54) is 0 Å². The molecule has 1 unspecified atom stereocenters. The van der Waals surface area contributed by atoms with E-state index in [9.17, 15) is 14.4 Å². The number of hydrogen-bond acceptors (Lipinski definition) is 5. The van der Waals surface area contributed by atoms with Crippen LogP contribution in [0.4, 0.5) is 0 Å². The fraction of sp³-hybridized carbons (Fsp3) is 0.750. The first-order valence-electron chi connectivity index (χ1n) is 12.8. The fourth-order valence-electron chi connectivity index (χ4n) is 4.51. The van der Waals surface area contributed by atoms with Gasteiger partial charge in [-0.2, -0.15) is 0 Å². The molecule has 2 amide bonds. The lowest BCUT2D eigenvalue weighted by Gasteiger charge is -2.44. The van der Waals surface area contributed by atoms with Crippen LogP contribution in [0.2, 0.25) is 0 Å². The Morgan fingerprint density at radius 2 is 1.80 bits per heavy atom. The molecule has 0 aromatic heterocycles. The number of likely N-dealkylation sites (N-methyl/N-ethyl adjacent to an activating group) is 1. The molecule has 1 heterocycles. The monoisotopic (exact) mass is 489 g/mol. The number of rotatable bonds is 9. The van der Waals surface area contributed by atoms with Crippen LogP contribution in [0.15, 0.2) is 11.6 Å². The first-order valence-corrected chi connectivity index (χ1v) is 12.8. The lowest BCUT2D eigenvalue weighted by atomic mass is 9.84. The third-order valence-electron chi connectivity index (χ3n) is 6.77. The Bertz CT molecular complexity index is 832. The van der Waals surface area contributed by atoms with Gasteiger partial charge in [-0.05, 0) is 51.9 Å². The highest BCUT2D eigenvalue weighted by atomic mass is 16.5. The van der Waals surface area contributed by atoms with Gasteiger partial charge in [0.05, 0.1) is 24.2 Å². The maximum Gasteiger partial charge on any atom is 0.333 e. The molecule has 0 aromatic rings. The molecule has 0 saturated carbocycles. The summed E-state index contributed by atoms with van der Waals surface area (Å²) in [6.45, 7) is 18.2. The van der Waals surface area contributed by atoms with Crippen LogP contribution in [0.3, 0.4) is 0 Å². The molecule has 0 radical (unpaired) electrons. The van der Waals surface area contributed by atoms with Gasteiger partial charge in [0.2, 0.25) is 11.8 Å². The topological polar surface area (TPSA) is 79.0 Å². The van der Waals surface area contributed by atoms with E-state index >= 15 is 0 Å². The number of amides is 2. The van der Waals surface area contributed by atoms with E-state index in [1.54, 1.807) is 31.9 Å². The van der Waals surface area contributed by atoms with Crippen LogP contribution in [0.5, 0.6) is 0 Å². The highest BCUT2D eigenvalue weighted by Crippen LogP contribution is 2.28. The molecule has 35 heavy (non-hydrogen) atoms. The van der Waals surface area contributed by atoms with E-state index in [-0.39, 0.29) is 36.4 Å². The molecule has 3 atom stereocenters. The first-order chi connectivity index (χ1) is 16.1. The molecular weight excluding hydrogens is 442 g/mol. The summed E-state index contributed by atoms with van der Waals surface area (Å²) in [5.41, 5.74) is -0.627. The van der Waals surface area contributed by atoms with Gasteiger partial charge in [0.1, 0.15) is 6.04 Å². The van der Waals surface area contributed by atoms with E-state index in [4.69, 9.17) is 11.2 Å². The van der Waals surface area contributed by atoms with Crippen LogP contribution in [0, 0.1) is 23.7 Å². The summed E-state index contributed by atoms with van der Waals surface area (Å²) in [7, 11) is 1.72. The molecule has 1 saturated heterocycles. The second-order valence-corrected chi connectivity index (χ2v) is 11.5. The maximum absolute atomic E-state index is 13.8. The van der Waals surface area contributed by atoms with Crippen LogP contribution >= 0.6 is 0 Å². The molecule has 0 spiro atoms. The lowest BCUT2D eigenvalue weighted by Crippen LogP contribution is -2.62. The Morgan fingerprint density at radius 1 is 1.20 bits per heavy atom. The Balaban J connectivity index is 3.23. The molecule has 7 heteroatoms. The van der Waals surface area contributed by atoms with Gasteiger partial charge in [-0.25, -0.2) is 4.79 Å². The lowest BCUT2D eigenvalue weighted by molar-refractivity contribution is -0.142. The van der Waals surface area contributed by atoms with Crippen molar-refractivity contribution >= 4 is 17.8 Å². The summed E-state index contributed by atoms with van der Waals surface area (Å²) >= 11 is 0. The second kappa shape index (κ2) is 12.6. The predicted octanol–water partition coefficient (Wildman–Crippen LogP) is 3.78. The van der Waals surface area contributed by atoms with E-state index in [0.29, 0.717) is 12.0 Å². The van der Waals surface area contributed by atoms with Crippen LogP contribution < -0.4 is 5.32 Å². The van der Waals surface area contributed by atoms with Gasteiger partial charge in [0.15, 0.2) is 0 Å². The van der Waals surface area contributed by atoms with Crippen molar-refractivity contribution in [2.75, 3.05) is 20.2 Å². The van der Waals surface area contributed by atoms with Crippen molar-refractivity contribution in [2.24, 2.45) is 11.3 Å². The molecule has 0 aromatic carbocycles. The fourth-order valence-corrected chi connectivity index (χ4v) is 4.51. The first kappa shape index (κ1) is 30.7. The van der Waals surface area contributed by atoms with Crippen LogP contribution in [0.1, 0.15) is 81.6 Å². The van der Waals surface area contributed by atoms with E-state index in [1.807, 2.05) is 48.5 Å². The summed E-state index contributed by atoms with van der Waals surface area (Å²) in [4.78, 5) is 43.2. The number of carbonyl (C=O) groups is 3.